The summed E-state index contributed by atoms with van der Waals surface area (Å²) in [7, 11) is 0. The molecule has 2 aromatic heterocycles. The third-order valence-corrected chi connectivity index (χ3v) is 7.63. The summed E-state index contributed by atoms with van der Waals surface area (Å²) in [6.45, 7) is 0. The third kappa shape index (κ3) is 4.96. The number of oxazole rings is 2. The molecule has 0 amide bonds. The van der Waals surface area contributed by atoms with Gasteiger partial charge in [0.2, 0.25) is 11.8 Å². The molecule has 0 bridgehead atoms. The quantitative estimate of drug-likeness (QED) is 0.0749. The number of nitrogen functional groups attached to an aromatic ring is 1. The van der Waals surface area contributed by atoms with Gasteiger partial charge in [-0.3, -0.25) is 20.2 Å². The van der Waals surface area contributed by atoms with E-state index in [2.05, 4.69) is 20.2 Å². The summed E-state index contributed by atoms with van der Waals surface area (Å²) in [5.74, 6) is -0.239. The summed E-state index contributed by atoms with van der Waals surface area (Å²) in [6, 6.07) is 18.2. The molecule has 16 heteroatoms. The average Bonchev–Trinajstić information content (AvgIpc) is 3.63. The van der Waals surface area contributed by atoms with Gasteiger partial charge in [0.05, 0.1) is 33.2 Å². The summed E-state index contributed by atoms with van der Waals surface area (Å²) in [4.78, 5) is 30.3. The molecular weight excluding hydrogens is 641 g/mol. The van der Waals surface area contributed by atoms with Crippen molar-refractivity contribution in [3.63, 3.8) is 0 Å². The van der Waals surface area contributed by atoms with Gasteiger partial charge in [0.1, 0.15) is 26.8 Å². The van der Waals surface area contributed by atoms with Crippen LogP contribution in [0.3, 0.4) is 0 Å². The molecule has 7 aromatic rings. The molecule has 0 aliphatic carbocycles. The van der Waals surface area contributed by atoms with Crippen molar-refractivity contribution < 1.29 is 23.8 Å². The van der Waals surface area contributed by atoms with Crippen molar-refractivity contribution in [3.8, 4) is 28.7 Å². The van der Waals surface area contributed by atoms with Crippen LogP contribution in [0.1, 0.15) is 0 Å². The van der Waals surface area contributed by atoms with Gasteiger partial charge in [-0.1, -0.05) is 29.3 Å². The van der Waals surface area contributed by atoms with Crippen LogP contribution in [0.25, 0.3) is 55.9 Å². The van der Waals surface area contributed by atoms with Crippen LogP contribution in [0, 0.1) is 20.2 Å². The molecule has 0 unspecified atom stereocenters. The van der Waals surface area contributed by atoms with Crippen molar-refractivity contribution in [2.45, 2.75) is 0 Å². The molecule has 46 heavy (non-hydrogen) atoms. The van der Waals surface area contributed by atoms with Crippen molar-refractivity contribution in [3.05, 3.63) is 103 Å². The number of hydrogen-bond acceptors (Lipinski definition) is 12. The molecule has 0 radical (unpaired) electrons. The largest absolute Gasteiger partial charge is 0.505 e. The van der Waals surface area contributed by atoms with E-state index in [-0.39, 0.29) is 66.9 Å². The van der Waals surface area contributed by atoms with Gasteiger partial charge in [0.15, 0.2) is 16.9 Å². The number of aromatic nitrogens is 2. The lowest BCUT2D eigenvalue weighted by Gasteiger charge is -2.09. The first-order valence-corrected chi connectivity index (χ1v) is 13.9. The number of azo groups is 1. The van der Waals surface area contributed by atoms with E-state index >= 15 is 0 Å². The Hall–Kier alpha value is -6.12. The van der Waals surface area contributed by atoms with Gasteiger partial charge < -0.3 is 19.7 Å². The number of nitrogens with two attached hydrogens (primary N) is 1. The van der Waals surface area contributed by atoms with Crippen LogP contribution in [0.5, 0.6) is 5.75 Å². The first kappa shape index (κ1) is 28.6. The van der Waals surface area contributed by atoms with Crippen LogP contribution in [-0.2, 0) is 0 Å². The topological polar surface area (TPSA) is 209 Å². The Morgan fingerprint density at radius 1 is 0.761 bits per heavy atom. The Kier molecular flexibility index (Phi) is 6.72. The Bertz CT molecular complexity index is 2440. The predicted octanol–water partition coefficient (Wildman–Crippen LogP) is 9.28. The van der Waals surface area contributed by atoms with Crippen molar-refractivity contribution in [1.29, 1.82) is 0 Å². The van der Waals surface area contributed by atoms with Gasteiger partial charge in [-0.15, -0.1) is 5.11 Å². The van der Waals surface area contributed by atoms with Crippen LogP contribution in [0.15, 0.2) is 91.9 Å². The molecule has 2 heterocycles. The van der Waals surface area contributed by atoms with Gasteiger partial charge in [-0.2, -0.15) is 5.11 Å². The van der Waals surface area contributed by atoms with E-state index in [1.54, 1.807) is 48.5 Å². The summed E-state index contributed by atoms with van der Waals surface area (Å²) in [6.07, 6.45) is 0. The zero-order chi connectivity index (χ0) is 32.3. The van der Waals surface area contributed by atoms with Crippen molar-refractivity contribution in [1.82, 2.24) is 9.97 Å². The second kappa shape index (κ2) is 10.8. The number of rotatable bonds is 6. The standard InChI is InChI=1S/C30H15Cl2N7O7/c31-19-9-21-25(11-23(19)38(41)42)45-29(34-21)13-1-6-17-14(7-13)8-18(28(40)27(17)37-36-16-4-2-15(33)3-5-16)30-35-22-10-20(32)24(39(43)44)12-26(22)46-30/h1-12,40H,33H2. The van der Waals surface area contributed by atoms with Crippen LogP contribution in [0.4, 0.5) is 28.4 Å². The second-order valence-electron chi connectivity index (χ2n) is 9.94. The van der Waals surface area contributed by atoms with E-state index in [1.807, 2.05) is 0 Å². The van der Waals surface area contributed by atoms with Crippen molar-refractivity contribution in [2.24, 2.45) is 10.2 Å². The van der Waals surface area contributed by atoms with Gasteiger partial charge in [0, 0.05) is 16.6 Å². The van der Waals surface area contributed by atoms with E-state index in [0.717, 1.165) is 6.07 Å². The average molecular weight is 656 g/mol. The Morgan fingerprint density at radius 2 is 1.35 bits per heavy atom. The summed E-state index contributed by atoms with van der Waals surface area (Å²) in [5.41, 5.74) is 7.52. The minimum atomic E-state index is -0.646. The minimum Gasteiger partial charge on any atom is -0.505 e. The highest BCUT2D eigenvalue weighted by atomic mass is 35.5. The fraction of sp³-hybridized carbons (Fsp3) is 0. The number of aromatic hydroxyl groups is 1. The lowest BCUT2D eigenvalue weighted by molar-refractivity contribution is -0.384. The van der Waals surface area contributed by atoms with Crippen LogP contribution >= 0.6 is 23.2 Å². The van der Waals surface area contributed by atoms with Crippen molar-refractivity contribution >= 4 is 84.6 Å². The molecule has 226 valence electrons. The number of nitro benzene ring substituents is 2. The SMILES string of the molecule is Nc1ccc(N=Nc2c(O)c(-c3nc4cc(Cl)c([N+](=O)[O-])cc4o3)cc3cc(-c4nc5cc(Cl)c([N+](=O)[O-])cc5o4)ccc23)cc1. The molecule has 0 aliphatic heterocycles. The number of hydrogen-bond donors (Lipinski definition) is 2. The first-order chi connectivity index (χ1) is 22.0. The Morgan fingerprint density at radius 3 is 1.96 bits per heavy atom. The number of anilines is 1. The van der Waals surface area contributed by atoms with Crippen molar-refractivity contribution in [2.75, 3.05) is 5.73 Å². The summed E-state index contributed by atoms with van der Waals surface area (Å²) >= 11 is 12.1. The smallest absolute Gasteiger partial charge is 0.291 e. The molecule has 0 atom stereocenters. The van der Waals surface area contributed by atoms with E-state index in [1.165, 1.54) is 18.2 Å². The maximum atomic E-state index is 11.5. The number of phenols is 1. The lowest BCUT2D eigenvalue weighted by Crippen LogP contribution is -1.88. The van der Waals surface area contributed by atoms with Gasteiger partial charge >= 0.3 is 0 Å². The molecule has 5 aromatic carbocycles. The Labute approximate surface area is 265 Å². The monoisotopic (exact) mass is 655 g/mol. The number of fused-ring (bicyclic) bond motifs is 3. The molecule has 0 fully saturated rings. The van der Waals surface area contributed by atoms with Gasteiger partial charge in [-0.25, -0.2) is 9.97 Å². The maximum Gasteiger partial charge on any atom is 0.291 e. The number of benzene rings is 5. The first-order valence-electron chi connectivity index (χ1n) is 13.1. The number of nitro groups is 2. The molecule has 0 aliphatic rings. The Balaban J connectivity index is 1.41. The molecule has 3 N–H and O–H groups in total. The number of halogens is 2. The van der Waals surface area contributed by atoms with Gasteiger partial charge in [0.25, 0.3) is 11.4 Å². The normalized spacial score (nSPS) is 11.7. The van der Waals surface area contributed by atoms with Crippen LogP contribution in [0.2, 0.25) is 10.0 Å². The number of phenolic OH excluding ortho intramolecular Hbond substituents is 1. The maximum absolute atomic E-state index is 11.5. The van der Waals surface area contributed by atoms with Crippen LogP contribution in [-0.4, -0.2) is 24.9 Å². The lowest BCUT2D eigenvalue weighted by atomic mass is 10.0. The summed E-state index contributed by atoms with van der Waals surface area (Å²) in [5, 5.41) is 43.6. The molecule has 14 nitrogen and oxygen atoms in total. The molecule has 0 saturated heterocycles. The highest BCUT2D eigenvalue weighted by molar-refractivity contribution is 6.33. The molecular formula is C30H15Cl2N7O7. The zero-order valence-electron chi connectivity index (χ0n) is 22.8. The fourth-order valence-corrected chi connectivity index (χ4v) is 5.27. The highest BCUT2D eigenvalue weighted by Gasteiger charge is 2.23. The fourth-order valence-electron chi connectivity index (χ4n) is 4.82. The molecule has 0 spiro atoms. The van der Waals surface area contributed by atoms with E-state index in [4.69, 9.17) is 37.8 Å². The van der Waals surface area contributed by atoms with Crippen LogP contribution < -0.4 is 5.73 Å². The highest BCUT2D eigenvalue weighted by Crippen LogP contribution is 2.46. The molecule has 7 rings (SSSR count). The molecule has 0 saturated carbocycles. The number of nitrogens with zero attached hydrogens (tertiary/aromatic N) is 6. The third-order valence-electron chi connectivity index (χ3n) is 7.03. The van der Waals surface area contributed by atoms with E-state index < -0.39 is 9.85 Å². The minimum absolute atomic E-state index is 0.0656. The van der Waals surface area contributed by atoms with Gasteiger partial charge in [-0.05, 0) is 60.0 Å². The second-order valence-corrected chi connectivity index (χ2v) is 10.8. The van der Waals surface area contributed by atoms with E-state index in [9.17, 15) is 25.3 Å². The zero-order valence-corrected chi connectivity index (χ0v) is 24.4. The van der Waals surface area contributed by atoms with E-state index in [0.29, 0.717) is 33.2 Å². The predicted molar refractivity (Wildman–Crippen MR) is 170 cm³/mol. The summed E-state index contributed by atoms with van der Waals surface area (Å²) < 4.78 is 11.7.